The predicted molar refractivity (Wildman–Crippen MR) is 94.0 cm³/mol. The van der Waals surface area contributed by atoms with E-state index in [1.807, 2.05) is 0 Å². The second-order valence-electron chi connectivity index (χ2n) is 5.41. The maximum absolute atomic E-state index is 2.31. The summed E-state index contributed by atoms with van der Waals surface area (Å²) in [7, 11) is 0. The van der Waals surface area contributed by atoms with Crippen LogP contribution in [0.25, 0.3) is 0 Å². The van der Waals surface area contributed by atoms with Crippen molar-refractivity contribution < 1.29 is 0 Å². The Hall–Kier alpha value is -1.30. The molecule has 0 aromatic heterocycles. The molecule has 0 spiro atoms. The molecule has 0 heteroatoms. The summed E-state index contributed by atoms with van der Waals surface area (Å²) < 4.78 is 0. The van der Waals surface area contributed by atoms with Crippen molar-refractivity contribution in [2.24, 2.45) is 0 Å². The molecular formula is C20H32. The van der Waals surface area contributed by atoms with E-state index in [2.05, 4.69) is 77.2 Å². The lowest BCUT2D eigenvalue weighted by atomic mass is 10.0. The first kappa shape index (κ1) is 18.7. The number of allylic oxidation sites excluding steroid dienone is 10. The molecule has 0 aliphatic heterocycles. The minimum Gasteiger partial charge on any atom is -0.0917 e. The van der Waals surface area contributed by atoms with Crippen molar-refractivity contribution in [2.75, 3.05) is 0 Å². The van der Waals surface area contributed by atoms with E-state index in [4.69, 9.17) is 0 Å². The molecule has 0 aromatic rings. The Morgan fingerprint density at radius 3 is 1.70 bits per heavy atom. The third-order valence-electron chi connectivity index (χ3n) is 3.47. The molecule has 0 fully saturated rings. The van der Waals surface area contributed by atoms with Crippen molar-refractivity contribution in [2.45, 2.75) is 66.7 Å². The topological polar surface area (TPSA) is 0 Å². The van der Waals surface area contributed by atoms with E-state index >= 15 is 0 Å². The summed E-state index contributed by atoms with van der Waals surface area (Å²) in [5.74, 6) is 0. The van der Waals surface area contributed by atoms with Gasteiger partial charge in [-0.05, 0) is 72.3 Å². The fourth-order valence-corrected chi connectivity index (χ4v) is 1.79. The summed E-state index contributed by atoms with van der Waals surface area (Å²) in [6, 6.07) is 0. The maximum Gasteiger partial charge on any atom is -0.0163 e. The molecule has 112 valence electrons. The van der Waals surface area contributed by atoms with Crippen LogP contribution in [-0.4, -0.2) is 0 Å². The van der Waals surface area contributed by atoms with Gasteiger partial charge in [0.25, 0.3) is 0 Å². The molecular weight excluding hydrogens is 240 g/mol. The molecule has 0 bridgehead atoms. The van der Waals surface area contributed by atoms with Gasteiger partial charge in [-0.15, -0.1) is 0 Å². The lowest BCUT2D eigenvalue weighted by Crippen LogP contribution is -1.82. The Balaban J connectivity index is 3.78. The summed E-state index contributed by atoms with van der Waals surface area (Å²) in [6.07, 6.45) is 21.5. The summed E-state index contributed by atoms with van der Waals surface area (Å²) in [5, 5.41) is 0. The second kappa shape index (κ2) is 12.7. The molecule has 0 atom stereocenters. The molecule has 0 aliphatic carbocycles. The molecule has 0 saturated carbocycles. The Kier molecular flexibility index (Phi) is 11.9. The van der Waals surface area contributed by atoms with Crippen LogP contribution in [0.15, 0.2) is 59.3 Å². The summed E-state index contributed by atoms with van der Waals surface area (Å²) in [6.45, 7) is 10.8. The van der Waals surface area contributed by atoms with Crippen LogP contribution < -0.4 is 0 Å². The Morgan fingerprint density at radius 1 is 0.700 bits per heavy atom. The van der Waals surface area contributed by atoms with E-state index in [1.165, 1.54) is 16.7 Å². The largest absolute Gasteiger partial charge is 0.0917 e. The zero-order valence-corrected chi connectivity index (χ0v) is 14.1. The highest BCUT2D eigenvalue weighted by molar-refractivity contribution is 5.30. The smallest absolute Gasteiger partial charge is 0.0163 e. The molecule has 0 rings (SSSR count). The Labute approximate surface area is 126 Å². The van der Waals surface area contributed by atoms with Gasteiger partial charge in [0.2, 0.25) is 0 Å². The van der Waals surface area contributed by atoms with Gasteiger partial charge < -0.3 is 0 Å². The van der Waals surface area contributed by atoms with Gasteiger partial charge in [0.1, 0.15) is 0 Å². The molecule has 0 nitrogen and oxygen atoms in total. The van der Waals surface area contributed by atoms with Crippen molar-refractivity contribution in [3.05, 3.63) is 59.3 Å². The average Bonchev–Trinajstić information content (AvgIpc) is 2.43. The van der Waals surface area contributed by atoms with Gasteiger partial charge in [-0.3, -0.25) is 0 Å². The number of unbranched alkanes of at least 4 members (excludes halogenated alkanes) is 2. The zero-order valence-electron chi connectivity index (χ0n) is 14.1. The lowest BCUT2D eigenvalue weighted by Gasteiger charge is -2.03. The van der Waals surface area contributed by atoms with E-state index < -0.39 is 0 Å². The van der Waals surface area contributed by atoms with Crippen LogP contribution in [-0.2, 0) is 0 Å². The van der Waals surface area contributed by atoms with Crippen molar-refractivity contribution in [3.8, 4) is 0 Å². The van der Waals surface area contributed by atoms with Crippen molar-refractivity contribution >= 4 is 0 Å². The normalized spacial score (nSPS) is 12.9. The average molecular weight is 272 g/mol. The molecule has 0 aromatic carbocycles. The molecule has 0 heterocycles. The molecule has 0 amide bonds. The van der Waals surface area contributed by atoms with Gasteiger partial charge in [0.05, 0.1) is 0 Å². The highest BCUT2D eigenvalue weighted by Gasteiger charge is 1.93. The second-order valence-corrected chi connectivity index (χ2v) is 5.41. The number of rotatable bonds is 9. The minimum atomic E-state index is 1.04. The number of hydrogen-bond donors (Lipinski definition) is 0. The summed E-state index contributed by atoms with van der Waals surface area (Å²) in [5.41, 5.74) is 4.23. The fraction of sp³-hybridized carbons (Fsp3) is 0.500. The van der Waals surface area contributed by atoms with Crippen LogP contribution in [0.2, 0.25) is 0 Å². The standard InChI is InChI=1S/C20H32/c1-6-7-8-9-10-11-12-13-14-15-16-17-19(4)20(5)18(2)3/h6-7,10-11,14-15,17H,8-9,12-13,16H2,1-5H3. The highest BCUT2D eigenvalue weighted by atomic mass is 14.0. The minimum absolute atomic E-state index is 1.04. The van der Waals surface area contributed by atoms with Gasteiger partial charge in [-0.1, -0.05) is 53.7 Å². The van der Waals surface area contributed by atoms with E-state index in [0.29, 0.717) is 0 Å². The number of hydrogen-bond acceptors (Lipinski definition) is 0. The third kappa shape index (κ3) is 10.6. The van der Waals surface area contributed by atoms with Crippen LogP contribution >= 0.6 is 0 Å². The molecule has 20 heavy (non-hydrogen) atoms. The van der Waals surface area contributed by atoms with Crippen LogP contribution in [0.4, 0.5) is 0 Å². The van der Waals surface area contributed by atoms with Crippen LogP contribution in [0.3, 0.4) is 0 Å². The SMILES string of the molecule is CC=CCCC=CCCC=CCC=C(C)C(C)=C(C)C. The van der Waals surface area contributed by atoms with Crippen molar-refractivity contribution in [3.63, 3.8) is 0 Å². The van der Waals surface area contributed by atoms with E-state index in [0.717, 1.165) is 32.1 Å². The molecule has 0 aliphatic rings. The fourth-order valence-electron chi connectivity index (χ4n) is 1.79. The summed E-state index contributed by atoms with van der Waals surface area (Å²) >= 11 is 0. The van der Waals surface area contributed by atoms with Crippen molar-refractivity contribution in [1.29, 1.82) is 0 Å². The van der Waals surface area contributed by atoms with Gasteiger partial charge >= 0.3 is 0 Å². The highest BCUT2D eigenvalue weighted by Crippen LogP contribution is 2.13. The zero-order chi connectivity index (χ0) is 15.2. The van der Waals surface area contributed by atoms with Gasteiger partial charge in [0, 0.05) is 0 Å². The van der Waals surface area contributed by atoms with Gasteiger partial charge in [0.15, 0.2) is 0 Å². The Bertz CT molecular complexity index is 382. The first-order valence-corrected chi connectivity index (χ1v) is 7.82. The van der Waals surface area contributed by atoms with E-state index in [-0.39, 0.29) is 0 Å². The lowest BCUT2D eigenvalue weighted by molar-refractivity contribution is 1.000. The van der Waals surface area contributed by atoms with Crippen LogP contribution in [0.1, 0.15) is 66.7 Å². The van der Waals surface area contributed by atoms with Crippen molar-refractivity contribution in [1.82, 2.24) is 0 Å². The first-order chi connectivity index (χ1) is 9.59. The molecule has 0 N–H and O–H groups in total. The first-order valence-electron chi connectivity index (χ1n) is 7.82. The Morgan fingerprint density at radius 2 is 1.20 bits per heavy atom. The summed E-state index contributed by atoms with van der Waals surface area (Å²) in [4.78, 5) is 0. The predicted octanol–water partition coefficient (Wildman–Crippen LogP) is 6.93. The monoisotopic (exact) mass is 272 g/mol. The van der Waals surface area contributed by atoms with Gasteiger partial charge in [-0.25, -0.2) is 0 Å². The van der Waals surface area contributed by atoms with Crippen LogP contribution in [0, 0.1) is 0 Å². The maximum atomic E-state index is 2.31. The molecule has 0 radical (unpaired) electrons. The molecule has 0 unspecified atom stereocenters. The molecule has 0 saturated heterocycles. The van der Waals surface area contributed by atoms with Gasteiger partial charge in [-0.2, -0.15) is 0 Å². The van der Waals surface area contributed by atoms with E-state index in [1.54, 1.807) is 0 Å². The quantitative estimate of drug-likeness (QED) is 0.242. The van der Waals surface area contributed by atoms with E-state index in [9.17, 15) is 0 Å². The van der Waals surface area contributed by atoms with Crippen LogP contribution in [0.5, 0.6) is 0 Å². The third-order valence-corrected chi connectivity index (χ3v) is 3.47.